The Morgan fingerprint density at radius 1 is 1.17 bits per heavy atom. The Bertz CT molecular complexity index is 1210. The van der Waals surface area contributed by atoms with E-state index in [0.717, 1.165) is 18.5 Å². The van der Waals surface area contributed by atoms with Gasteiger partial charge in [-0.2, -0.15) is 0 Å². The zero-order valence-electron chi connectivity index (χ0n) is 20.8. The number of para-hydroxylation sites is 1. The van der Waals surface area contributed by atoms with Gasteiger partial charge in [0.2, 0.25) is 0 Å². The Morgan fingerprint density at radius 3 is 2.72 bits per heavy atom. The van der Waals surface area contributed by atoms with Gasteiger partial charge in [0, 0.05) is 46.4 Å². The average Bonchev–Trinajstić information content (AvgIpc) is 3.60. The van der Waals surface area contributed by atoms with Crippen LogP contribution in [0.3, 0.4) is 0 Å². The average molecular weight is 510 g/mol. The molecule has 3 atom stereocenters. The van der Waals surface area contributed by atoms with Crippen LogP contribution in [-0.2, 0) is 19.1 Å². The fourth-order valence-corrected chi connectivity index (χ4v) is 6.34. The molecule has 190 valence electrons. The molecule has 2 aromatic rings. The van der Waals surface area contributed by atoms with Crippen LogP contribution in [0.25, 0.3) is 0 Å². The van der Waals surface area contributed by atoms with Crippen molar-refractivity contribution in [1.29, 1.82) is 0 Å². The molecule has 7 nitrogen and oxygen atoms in total. The summed E-state index contributed by atoms with van der Waals surface area (Å²) in [6, 6.07) is 9.64. The first kappa shape index (κ1) is 24.6. The Kier molecular flexibility index (Phi) is 7.16. The number of ether oxygens (including phenoxy) is 4. The van der Waals surface area contributed by atoms with E-state index in [4.69, 9.17) is 18.9 Å². The third-order valence-corrected chi connectivity index (χ3v) is 8.20. The standard InChI is InChI=1S/C28H31NO6S/c1-16-24(28(31)35-15-18-7-5-11-34-18)25(19-8-4-9-22(32-2)27(19)33-3)26-20(29-16)13-17(14-21(26)30)23-10-6-12-36-23/h4,6,8-10,12,17-18,25,29H,5,7,11,13-15H2,1-3H3/t17-,18-,25+/m0/s1. The van der Waals surface area contributed by atoms with Crippen molar-refractivity contribution in [2.75, 3.05) is 27.4 Å². The number of ketones is 1. The van der Waals surface area contributed by atoms with Crippen LogP contribution in [0.1, 0.15) is 54.9 Å². The molecule has 1 saturated heterocycles. The van der Waals surface area contributed by atoms with Gasteiger partial charge in [-0.3, -0.25) is 4.79 Å². The Hall–Kier alpha value is -3.10. The van der Waals surface area contributed by atoms with Crippen molar-refractivity contribution in [2.24, 2.45) is 0 Å². The molecule has 8 heteroatoms. The normalized spacial score (nSPS) is 23.9. The van der Waals surface area contributed by atoms with Crippen molar-refractivity contribution in [3.63, 3.8) is 0 Å². The summed E-state index contributed by atoms with van der Waals surface area (Å²) in [6.07, 6.45) is 2.83. The third-order valence-electron chi connectivity index (χ3n) is 7.16. The van der Waals surface area contributed by atoms with Crippen LogP contribution in [0.2, 0.25) is 0 Å². The van der Waals surface area contributed by atoms with Gasteiger partial charge in [0.1, 0.15) is 6.61 Å². The fraction of sp³-hybridized carbons (Fsp3) is 0.429. The number of carbonyl (C=O) groups is 2. The van der Waals surface area contributed by atoms with E-state index < -0.39 is 11.9 Å². The van der Waals surface area contributed by atoms with E-state index >= 15 is 0 Å². The smallest absolute Gasteiger partial charge is 0.336 e. The number of benzene rings is 1. The van der Waals surface area contributed by atoms with Gasteiger partial charge in [0.15, 0.2) is 17.3 Å². The van der Waals surface area contributed by atoms with Gasteiger partial charge < -0.3 is 24.3 Å². The number of thiophene rings is 1. The van der Waals surface area contributed by atoms with Crippen LogP contribution in [0.4, 0.5) is 0 Å². The molecule has 0 unspecified atom stereocenters. The SMILES string of the molecule is COc1cccc([C@@H]2C(C(=O)OC[C@@H]3CCCO3)=C(C)NC3=C2C(=O)C[C@@H](c2cccs2)C3)c1OC. The second-order valence-electron chi connectivity index (χ2n) is 9.35. The zero-order chi connectivity index (χ0) is 25.2. The molecule has 0 radical (unpaired) electrons. The first-order valence-corrected chi connectivity index (χ1v) is 13.2. The zero-order valence-corrected chi connectivity index (χ0v) is 21.6. The first-order valence-electron chi connectivity index (χ1n) is 12.3. The number of methoxy groups -OCH3 is 2. The molecule has 0 saturated carbocycles. The van der Waals surface area contributed by atoms with Gasteiger partial charge in [0.05, 0.1) is 31.8 Å². The lowest BCUT2D eigenvalue weighted by atomic mass is 9.72. The molecule has 1 aromatic heterocycles. The molecular formula is C28H31NO6S. The second-order valence-corrected chi connectivity index (χ2v) is 10.3. The summed E-state index contributed by atoms with van der Waals surface area (Å²) in [6.45, 7) is 2.74. The quantitative estimate of drug-likeness (QED) is 0.534. The lowest BCUT2D eigenvalue weighted by Crippen LogP contribution is -2.36. The van der Waals surface area contributed by atoms with Crippen molar-refractivity contribution in [2.45, 2.75) is 50.5 Å². The summed E-state index contributed by atoms with van der Waals surface area (Å²) < 4.78 is 22.7. The minimum absolute atomic E-state index is 0.0222. The van der Waals surface area contributed by atoms with Gasteiger partial charge in [0.25, 0.3) is 0 Å². The fourth-order valence-electron chi connectivity index (χ4n) is 5.51. The number of hydrogen-bond acceptors (Lipinski definition) is 8. The Balaban J connectivity index is 1.57. The second kappa shape index (κ2) is 10.5. The molecule has 3 aliphatic rings. The molecule has 0 bridgehead atoms. The molecule has 1 aliphatic carbocycles. The summed E-state index contributed by atoms with van der Waals surface area (Å²) >= 11 is 1.67. The number of Topliss-reactive ketones (excluding diaryl/α,β-unsaturated/α-hetero) is 1. The van der Waals surface area contributed by atoms with E-state index in [2.05, 4.69) is 11.4 Å². The van der Waals surface area contributed by atoms with Crippen molar-refractivity contribution < 1.29 is 28.5 Å². The monoisotopic (exact) mass is 509 g/mol. The van der Waals surface area contributed by atoms with E-state index in [0.29, 0.717) is 53.4 Å². The van der Waals surface area contributed by atoms with Gasteiger partial charge >= 0.3 is 5.97 Å². The molecule has 0 spiro atoms. The minimum Gasteiger partial charge on any atom is -0.493 e. The number of rotatable bonds is 7. The highest BCUT2D eigenvalue weighted by atomic mass is 32.1. The highest BCUT2D eigenvalue weighted by Gasteiger charge is 2.43. The van der Waals surface area contributed by atoms with Crippen molar-refractivity contribution in [1.82, 2.24) is 5.32 Å². The van der Waals surface area contributed by atoms with Gasteiger partial charge in [-0.15, -0.1) is 11.3 Å². The number of carbonyl (C=O) groups excluding carboxylic acids is 2. The first-order chi connectivity index (χ1) is 17.5. The highest BCUT2D eigenvalue weighted by Crippen LogP contribution is 2.49. The maximum absolute atomic E-state index is 13.8. The van der Waals surface area contributed by atoms with Crippen LogP contribution in [0, 0.1) is 0 Å². The molecule has 36 heavy (non-hydrogen) atoms. The summed E-state index contributed by atoms with van der Waals surface area (Å²) in [5, 5.41) is 5.44. The molecule has 2 aliphatic heterocycles. The van der Waals surface area contributed by atoms with Crippen LogP contribution in [-0.4, -0.2) is 45.3 Å². The summed E-state index contributed by atoms with van der Waals surface area (Å²) in [7, 11) is 3.14. The molecule has 1 fully saturated rings. The van der Waals surface area contributed by atoms with Crippen LogP contribution < -0.4 is 14.8 Å². The van der Waals surface area contributed by atoms with E-state index in [1.54, 1.807) is 31.6 Å². The predicted molar refractivity (Wildman–Crippen MR) is 136 cm³/mol. The number of hydrogen-bond donors (Lipinski definition) is 1. The van der Waals surface area contributed by atoms with E-state index in [1.807, 2.05) is 30.5 Å². The number of allylic oxidation sites excluding steroid dienone is 3. The van der Waals surface area contributed by atoms with Crippen LogP contribution in [0.5, 0.6) is 11.5 Å². The molecule has 3 heterocycles. The summed E-state index contributed by atoms with van der Waals surface area (Å²) in [4.78, 5) is 28.5. The highest BCUT2D eigenvalue weighted by molar-refractivity contribution is 7.10. The van der Waals surface area contributed by atoms with E-state index in [1.165, 1.54) is 4.88 Å². The largest absolute Gasteiger partial charge is 0.493 e. The number of esters is 1. The summed E-state index contributed by atoms with van der Waals surface area (Å²) in [5.41, 5.74) is 3.26. The van der Waals surface area contributed by atoms with E-state index in [-0.39, 0.29) is 24.4 Å². The van der Waals surface area contributed by atoms with Crippen molar-refractivity contribution in [3.05, 3.63) is 68.7 Å². The van der Waals surface area contributed by atoms with Gasteiger partial charge in [-0.25, -0.2) is 4.79 Å². The Labute approximate surface area is 215 Å². The molecule has 1 aromatic carbocycles. The summed E-state index contributed by atoms with van der Waals surface area (Å²) in [5.74, 6) is 0.0980. The maximum atomic E-state index is 13.8. The van der Waals surface area contributed by atoms with Gasteiger partial charge in [-0.05, 0) is 43.7 Å². The lowest BCUT2D eigenvalue weighted by Gasteiger charge is -2.37. The topological polar surface area (TPSA) is 83.1 Å². The van der Waals surface area contributed by atoms with Crippen molar-refractivity contribution >= 4 is 23.1 Å². The predicted octanol–water partition coefficient (Wildman–Crippen LogP) is 4.85. The Morgan fingerprint density at radius 2 is 2.03 bits per heavy atom. The maximum Gasteiger partial charge on any atom is 0.336 e. The molecule has 5 rings (SSSR count). The van der Waals surface area contributed by atoms with Crippen molar-refractivity contribution in [3.8, 4) is 11.5 Å². The molecule has 1 N–H and O–H groups in total. The van der Waals surface area contributed by atoms with Crippen LogP contribution >= 0.6 is 11.3 Å². The van der Waals surface area contributed by atoms with E-state index in [9.17, 15) is 9.59 Å². The number of nitrogens with one attached hydrogen (secondary N) is 1. The van der Waals surface area contributed by atoms with Gasteiger partial charge in [-0.1, -0.05) is 18.2 Å². The molecule has 0 amide bonds. The number of dihydropyridines is 1. The molecular weight excluding hydrogens is 478 g/mol. The third kappa shape index (κ3) is 4.55. The van der Waals surface area contributed by atoms with Crippen LogP contribution in [0.15, 0.2) is 58.3 Å². The lowest BCUT2D eigenvalue weighted by molar-refractivity contribution is -0.142. The minimum atomic E-state index is -0.625.